The molecule has 0 bridgehead atoms. The van der Waals surface area contributed by atoms with Crippen LogP contribution >= 0.6 is 0 Å². The molecule has 1 aliphatic heterocycles. The van der Waals surface area contributed by atoms with Crippen molar-refractivity contribution in [1.82, 2.24) is 4.90 Å². The van der Waals surface area contributed by atoms with Gasteiger partial charge in [0.1, 0.15) is 0 Å². The van der Waals surface area contributed by atoms with Crippen molar-refractivity contribution >= 4 is 5.97 Å². The summed E-state index contributed by atoms with van der Waals surface area (Å²) >= 11 is 0. The molecule has 4 heteroatoms. The van der Waals surface area contributed by atoms with E-state index in [-0.39, 0.29) is 5.97 Å². The molecule has 74 valence electrons. The highest BCUT2D eigenvalue weighted by Crippen LogP contribution is 1.96. The summed E-state index contributed by atoms with van der Waals surface area (Å²) in [6.07, 6.45) is 3.27. The number of esters is 1. The van der Waals surface area contributed by atoms with Crippen molar-refractivity contribution in [2.45, 2.75) is 0 Å². The predicted molar refractivity (Wildman–Crippen MR) is 48.4 cm³/mol. The average molecular weight is 185 g/mol. The van der Waals surface area contributed by atoms with Crippen LogP contribution < -0.4 is 0 Å². The maximum Gasteiger partial charge on any atom is 0.330 e. The molecule has 0 unspecified atom stereocenters. The van der Waals surface area contributed by atoms with Crippen molar-refractivity contribution in [3.05, 3.63) is 12.2 Å². The average Bonchev–Trinajstić information content (AvgIpc) is 2.19. The number of rotatable bonds is 3. The summed E-state index contributed by atoms with van der Waals surface area (Å²) in [5.41, 5.74) is 0. The Morgan fingerprint density at radius 3 is 2.85 bits per heavy atom. The number of methoxy groups -OCH3 is 1. The molecule has 1 saturated heterocycles. The quantitative estimate of drug-likeness (QED) is 0.460. The fourth-order valence-corrected chi connectivity index (χ4v) is 1.15. The van der Waals surface area contributed by atoms with Crippen molar-refractivity contribution in [2.24, 2.45) is 0 Å². The van der Waals surface area contributed by atoms with Gasteiger partial charge in [-0.3, -0.25) is 4.90 Å². The molecule has 0 atom stereocenters. The lowest BCUT2D eigenvalue weighted by Gasteiger charge is -2.24. The molecule has 1 heterocycles. The number of carbonyl (C=O) groups is 1. The summed E-state index contributed by atoms with van der Waals surface area (Å²) in [4.78, 5) is 12.9. The Bertz CT molecular complexity index is 185. The van der Waals surface area contributed by atoms with Gasteiger partial charge in [-0.25, -0.2) is 4.79 Å². The zero-order chi connectivity index (χ0) is 9.52. The van der Waals surface area contributed by atoms with E-state index in [1.54, 1.807) is 0 Å². The van der Waals surface area contributed by atoms with Gasteiger partial charge in [-0.2, -0.15) is 0 Å². The van der Waals surface area contributed by atoms with E-state index in [1.807, 2.05) is 6.08 Å². The number of hydrogen-bond acceptors (Lipinski definition) is 4. The normalized spacial score (nSPS) is 19.2. The highest BCUT2D eigenvalue weighted by molar-refractivity contribution is 5.81. The second-order valence-corrected chi connectivity index (χ2v) is 2.84. The van der Waals surface area contributed by atoms with Gasteiger partial charge in [-0.15, -0.1) is 0 Å². The third-order valence-corrected chi connectivity index (χ3v) is 1.92. The van der Waals surface area contributed by atoms with E-state index >= 15 is 0 Å². The molecule has 1 fully saturated rings. The van der Waals surface area contributed by atoms with Crippen LogP contribution in [0.1, 0.15) is 0 Å². The molecule has 0 saturated carbocycles. The molecule has 1 rings (SSSR count). The molecule has 0 aromatic rings. The van der Waals surface area contributed by atoms with Gasteiger partial charge in [0.25, 0.3) is 0 Å². The molecule has 0 radical (unpaired) electrons. The molecule has 0 aliphatic carbocycles. The van der Waals surface area contributed by atoms with Gasteiger partial charge >= 0.3 is 5.97 Å². The van der Waals surface area contributed by atoms with Crippen molar-refractivity contribution in [2.75, 3.05) is 40.0 Å². The number of nitrogens with zero attached hydrogens (tertiary/aromatic N) is 1. The van der Waals surface area contributed by atoms with Crippen LogP contribution in [-0.2, 0) is 14.3 Å². The summed E-state index contributed by atoms with van der Waals surface area (Å²) in [5.74, 6) is -0.298. The van der Waals surface area contributed by atoms with Gasteiger partial charge in [-0.1, -0.05) is 6.08 Å². The van der Waals surface area contributed by atoms with Crippen LogP contribution in [0.25, 0.3) is 0 Å². The molecular formula is C9H15NO3. The zero-order valence-corrected chi connectivity index (χ0v) is 7.86. The van der Waals surface area contributed by atoms with Crippen molar-refractivity contribution in [3.63, 3.8) is 0 Å². The van der Waals surface area contributed by atoms with E-state index in [2.05, 4.69) is 9.64 Å². The van der Waals surface area contributed by atoms with Crippen LogP contribution in [0.4, 0.5) is 0 Å². The monoisotopic (exact) mass is 185 g/mol. The van der Waals surface area contributed by atoms with E-state index in [9.17, 15) is 4.79 Å². The van der Waals surface area contributed by atoms with Gasteiger partial charge in [0.05, 0.1) is 20.3 Å². The molecule has 4 nitrogen and oxygen atoms in total. The van der Waals surface area contributed by atoms with Crippen molar-refractivity contribution in [1.29, 1.82) is 0 Å². The Balaban J connectivity index is 2.16. The van der Waals surface area contributed by atoms with Crippen LogP contribution in [0.15, 0.2) is 12.2 Å². The van der Waals surface area contributed by atoms with Crippen LogP contribution in [-0.4, -0.2) is 50.8 Å². The highest BCUT2D eigenvalue weighted by Gasteiger charge is 2.07. The van der Waals surface area contributed by atoms with E-state index in [0.717, 1.165) is 32.8 Å². The Hall–Kier alpha value is -0.870. The van der Waals surface area contributed by atoms with Crippen molar-refractivity contribution in [3.8, 4) is 0 Å². The molecule has 13 heavy (non-hydrogen) atoms. The third kappa shape index (κ3) is 4.05. The van der Waals surface area contributed by atoms with E-state index in [4.69, 9.17) is 4.74 Å². The minimum absolute atomic E-state index is 0.298. The van der Waals surface area contributed by atoms with Crippen LogP contribution in [0, 0.1) is 0 Å². The van der Waals surface area contributed by atoms with E-state index < -0.39 is 0 Å². The van der Waals surface area contributed by atoms with Crippen LogP contribution in [0.3, 0.4) is 0 Å². The summed E-state index contributed by atoms with van der Waals surface area (Å²) in [6, 6.07) is 0. The summed E-state index contributed by atoms with van der Waals surface area (Å²) in [5, 5.41) is 0. The first-order chi connectivity index (χ1) is 6.33. The fourth-order valence-electron chi connectivity index (χ4n) is 1.15. The van der Waals surface area contributed by atoms with Crippen molar-refractivity contribution < 1.29 is 14.3 Å². The van der Waals surface area contributed by atoms with Crippen LogP contribution in [0.2, 0.25) is 0 Å². The second kappa shape index (κ2) is 5.72. The molecular weight excluding hydrogens is 170 g/mol. The molecule has 0 amide bonds. The zero-order valence-electron chi connectivity index (χ0n) is 7.86. The molecule has 0 N–H and O–H groups in total. The smallest absolute Gasteiger partial charge is 0.330 e. The lowest BCUT2D eigenvalue weighted by atomic mass is 10.4. The second-order valence-electron chi connectivity index (χ2n) is 2.84. The number of hydrogen-bond donors (Lipinski definition) is 0. The standard InChI is InChI=1S/C9H15NO3/c1-12-9(11)3-2-4-10-5-7-13-8-6-10/h2-3H,4-8H2,1H3/b3-2+. The first-order valence-corrected chi connectivity index (χ1v) is 4.37. The molecule has 0 spiro atoms. The van der Waals surface area contributed by atoms with Gasteiger partial charge < -0.3 is 9.47 Å². The predicted octanol–water partition coefficient (Wildman–Crippen LogP) is 0.0478. The summed E-state index contributed by atoms with van der Waals surface area (Å²) in [6.45, 7) is 4.23. The minimum Gasteiger partial charge on any atom is -0.466 e. The summed E-state index contributed by atoms with van der Waals surface area (Å²) < 4.78 is 9.66. The Kier molecular flexibility index (Phi) is 4.49. The Morgan fingerprint density at radius 2 is 2.23 bits per heavy atom. The number of ether oxygens (including phenoxy) is 2. The first-order valence-electron chi connectivity index (χ1n) is 4.37. The maximum absolute atomic E-state index is 10.7. The number of carbonyl (C=O) groups excluding carboxylic acids is 1. The molecule has 0 aromatic carbocycles. The van der Waals surface area contributed by atoms with Gasteiger partial charge in [0.2, 0.25) is 0 Å². The maximum atomic E-state index is 10.7. The van der Waals surface area contributed by atoms with E-state index in [1.165, 1.54) is 13.2 Å². The Morgan fingerprint density at radius 1 is 1.54 bits per heavy atom. The molecule has 1 aliphatic rings. The third-order valence-electron chi connectivity index (χ3n) is 1.92. The molecule has 0 aromatic heterocycles. The van der Waals surface area contributed by atoms with Gasteiger partial charge in [0, 0.05) is 25.7 Å². The largest absolute Gasteiger partial charge is 0.466 e. The van der Waals surface area contributed by atoms with Gasteiger partial charge in [-0.05, 0) is 0 Å². The highest BCUT2D eigenvalue weighted by atomic mass is 16.5. The lowest BCUT2D eigenvalue weighted by Crippen LogP contribution is -2.36. The Labute approximate surface area is 78.1 Å². The summed E-state index contributed by atoms with van der Waals surface area (Å²) in [7, 11) is 1.38. The minimum atomic E-state index is -0.298. The first kappa shape index (κ1) is 10.2. The number of morpholine rings is 1. The topological polar surface area (TPSA) is 38.8 Å². The van der Waals surface area contributed by atoms with E-state index in [0.29, 0.717) is 0 Å². The van der Waals surface area contributed by atoms with Gasteiger partial charge in [0.15, 0.2) is 0 Å². The lowest BCUT2D eigenvalue weighted by molar-refractivity contribution is -0.134. The fraction of sp³-hybridized carbons (Fsp3) is 0.667. The SMILES string of the molecule is COC(=O)/C=C/CN1CCOCC1. The van der Waals surface area contributed by atoms with Crippen LogP contribution in [0.5, 0.6) is 0 Å².